The van der Waals surface area contributed by atoms with Gasteiger partial charge in [-0.05, 0) is 17.5 Å². The SMILES string of the molecule is O=C(Nc1ccco1)Nc1cccc2ccccc12. The second kappa shape index (κ2) is 4.86. The molecule has 1 heterocycles. The van der Waals surface area contributed by atoms with Gasteiger partial charge in [0.2, 0.25) is 5.88 Å². The Hall–Kier alpha value is -2.75. The van der Waals surface area contributed by atoms with Crippen molar-refractivity contribution in [3.63, 3.8) is 0 Å². The molecule has 0 bridgehead atoms. The molecule has 4 heteroatoms. The zero-order chi connectivity index (χ0) is 13.1. The van der Waals surface area contributed by atoms with Gasteiger partial charge in [0.1, 0.15) is 0 Å². The Bertz CT molecular complexity index is 700. The number of fused-ring (bicyclic) bond motifs is 1. The summed E-state index contributed by atoms with van der Waals surface area (Å²) < 4.78 is 5.06. The summed E-state index contributed by atoms with van der Waals surface area (Å²) >= 11 is 0. The van der Waals surface area contributed by atoms with E-state index in [9.17, 15) is 4.79 Å². The minimum absolute atomic E-state index is 0.327. The van der Waals surface area contributed by atoms with Gasteiger partial charge in [0.15, 0.2) is 0 Å². The Morgan fingerprint density at radius 1 is 0.895 bits per heavy atom. The lowest BCUT2D eigenvalue weighted by molar-refractivity contribution is 0.261. The summed E-state index contributed by atoms with van der Waals surface area (Å²) in [6, 6.07) is 16.7. The summed E-state index contributed by atoms with van der Waals surface area (Å²) in [5.74, 6) is 0.415. The predicted octanol–water partition coefficient (Wildman–Crippen LogP) is 4.08. The summed E-state index contributed by atoms with van der Waals surface area (Å²) in [5, 5.41) is 7.51. The Kier molecular flexibility index (Phi) is 2.90. The predicted molar refractivity (Wildman–Crippen MR) is 75.3 cm³/mol. The highest BCUT2D eigenvalue weighted by molar-refractivity contribution is 6.05. The summed E-state index contributed by atoms with van der Waals surface area (Å²) in [6.45, 7) is 0. The van der Waals surface area contributed by atoms with Crippen molar-refractivity contribution >= 4 is 28.4 Å². The lowest BCUT2D eigenvalue weighted by atomic mass is 10.1. The quantitative estimate of drug-likeness (QED) is 0.722. The van der Waals surface area contributed by atoms with Gasteiger partial charge in [-0.25, -0.2) is 4.79 Å². The molecule has 0 atom stereocenters. The van der Waals surface area contributed by atoms with Crippen molar-refractivity contribution in [2.75, 3.05) is 10.6 Å². The zero-order valence-corrected chi connectivity index (χ0v) is 10.1. The lowest BCUT2D eigenvalue weighted by Gasteiger charge is -2.08. The molecule has 3 aromatic rings. The number of hydrogen-bond donors (Lipinski definition) is 2. The highest BCUT2D eigenvalue weighted by Gasteiger charge is 2.06. The van der Waals surface area contributed by atoms with Crippen molar-refractivity contribution in [1.82, 2.24) is 0 Å². The van der Waals surface area contributed by atoms with Crippen LogP contribution in [0.1, 0.15) is 0 Å². The molecule has 0 saturated heterocycles. The molecule has 0 aliphatic carbocycles. The van der Waals surface area contributed by atoms with E-state index in [4.69, 9.17) is 4.42 Å². The second-order valence-electron chi connectivity index (χ2n) is 4.08. The van der Waals surface area contributed by atoms with E-state index in [0.29, 0.717) is 5.88 Å². The van der Waals surface area contributed by atoms with Crippen LogP contribution < -0.4 is 10.6 Å². The molecule has 0 spiro atoms. The zero-order valence-electron chi connectivity index (χ0n) is 10.1. The van der Waals surface area contributed by atoms with Crippen LogP contribution in [-0.2, 0) is 0 Å². The van der Waals surface area contributed by atoms with E-state index in [1.54, 1.807) is 12.1 Å². The summed E-state index contributed by atoms with van der Waals surface area (Å²) in [5.41, 5.74) is 0.766. The molecule has 2 aromatic carbocycles. The Balaban J connectivity index is 1.83. The summed E-state index contributed by atoms with van der Waals surface area (Å²) in [7, 11) is 0. The minimum Gasteiger partial charge on any atom is -0.449 e. The first-order valence-corrected chi connectivity index (χ1v) is 5.92. The molecule has 19 heavy (non-hydrogen) atoms. The first-order valence-electron chi connectivity index (χ1n) is 5.92. The third-order valence-corrected chi connectivity index (χ3v) is 2.80. The molecule has 94 valence electrons. The van der Waals surface area contributed by atoms with E-state index in [-0.39, 0.29) is 6.03 Å². The van der Waals surface area contributed by atoms with Gasteiger partial charge < -0.3 is 9.73 Å². The van der Waals surface area contributed by atoms with Crippen LogP contribution in [0.4, 0.5) is 16.4 Å². The minimum atomic E-state index is -0.327. The van der Waals surface area contributed by atoms with Gasteiger partial charge in [-0.15, -0.1) is 0 Å². The monoisotopic (exact) mass is 252 g/mol. The number of carbonyl (C=O) groups is 1. The molecule has 4 nitrogen and oxygen atoms in total. The van der Waals surface area contributed by atoms with Crippen LogP contribution in [-0.4, -0.2) is 6.03 Å². The number of urea groups is 1. The highest BCUT2D eigenvalue weighted by atomic mass is 16.3. The maximum absolute atomic E-state index is 11.8. The maximum Gasteiger partial charge on any atom is 0.326 e. The Morgan fingerprint density at radius 3 is 2.58 bits per heavy atom. The molecule has 1 aromatic heterocycles. The number of furan rings is 1. The van der Waals surface area contributed by atoms with Crippen molar-refractivity contribution in [2.24, 2.45) is 0 Å². The van der Waals surface area contributed by atoms with Crippen LogP contribution in [0, 0.1) is 0 Å². The fraction of sp³-hybridized carbons (Fsp3) is 0. The van der Waals surface area contributed by atoms with E-state index in [1.807, 2.05) is 42.5 Å². The Morgan fingerprint density at radius 2 is 1.74 bits per heavy atom. The van der Waals surface area contributed by atoms with Gasteiger partial charge in [-0.3, -0.25) is 5.32 Å². The fourth-order valence-corrected chi connectivity index (χ4v) is 1.95. The average Bonchev–Trinajstić information content (AvgIpc) is 2.92. The number of nitrogens with one attached hydrogen (secondary N) is 2. The molecular weight excluding hydrogens is 240 g/mol. The first-order chi connectivity index (χ1) is 9.33. The van der Waals surface area contributed by atoms with Crippen molar-refractivity contribution in [2.45, 2.75) is 0 Å². The molecule has 0 radical (unpaired) electrons. The van der Waals surface area contributed by atoms with E-state index < -0.39 is 0 Å². The summed E-state index contributed by atoms with van der Waals surface area (Å²) in [6.07, 6.45) is 1.51. The normalized spacial score (nSPS) is 10.3. The number of rotatable bonds is 2. The molecule has 2 amide bonds. The molecule has 0 unspecified atom stereocenters. The van der Waals surface area contributed by atoms with Crippen molar-refractivity contribution in [3.05, 3.63) is 60.9 Å². The van der Waals surface area contributed by atoms with Gasteiger partial charge in [0.25, 0.3) is 0 Å². The first kappa shape index (κ1) is 11.3. The number of hydrogen-bond acceptors (Lipinski definition) is 2. The van der Waals surface area contributed by atoms with E-state index in [0.717, 1.165) is 16.5 Å². The molecular formula is C15H12N2O2. The van der Waals surface area contributed by atoms with Crippen molar-refractivity contribution in [3.8, 4) is 0 Å². The van der Waals surface area contributed by atoms with Gasteiger partial charge in [-0.1, -0.05) is 36.4 Å². The summed E-state index contributed by atoms with van der Waals surface area (Å²) in [4.78, 5) is 11.8. The third-order valence-electron chi connectivity index (χ3n) is 2.80. The number of anilines is 2. The highest BCUT2D eigenvalue weighted by Crippen LogP contribution is 2.23. The van der Waals surface area contributed by atoms with Crippen LogP contribution in [0.15, 0.2) is 65.3 Å². The van der Waals surface area contributed by atoms with Gasteiger partial charge in [-0.2, -0.15) is 0 Å². The second-order valence-corrected chi connectivity index (χ2v) is 4.08. The number of carbonyl (C=O) groups excluding carboxylic acids is 1. The van der Waals surface area contributed by atoms with E-state index in [2.05, 4.69) is 10.6 Å². The number of benzene rings is 2. The van der Waals surface area contributed by atoms with E-state index >= 15 is 0 Å². The van der Waals surface area contributed by atoms with Crippen molar-refractivity contribution < 1.29 is 9.21 Å². The molecule has 3 rings (SSSR count). The lowest BCUT2D eigenvalue weighted by Crippen LogP contribution is -2.19. The van der Waals surface area contributed by atoms with E-state index in [1.165, 1.54) is 6.26 Å². The average molecular weight is 252 g/mol. The fourth-order valence-electron chi connectivity index (χ4n) is 1.95. The molecule has 2 N–H and O–H groups in total. The van der Waals surface area contributed by atoms with Crippen LogP contribution in [0.3, 0.4) is 0 Å². The van der Waals surface area contributed by atoms with Crippen molar-refractivity contribution in [1.29, 1.82) is 0 Å². The van der Waals surface area contributed by atoms with Gasteiger partial charge in [0, 0.05) is 11.5 Å². The molecule has 0 aliphatic heterocycles. The molecule has 0 saturated carbocycles. The molecule has 0 aliphatic rings. The third kappa shape index (κ3) is 2.42. The Labute approximate surface area is 110 Å². The topological polar surface area (TPSA) is 54.3 Å². The van der Waals surface area contributed by atoms with Gasteiger partial charge >= 0.3 is 6.03 Å². The van der Waals surface area contributed by atoms with Crippen LogP contribution in [0.5, 0.6) is 0 Å². The van der Waals surface area contributed by atoms with Crippen LogP contribution >= 0.6 is 0 Å². The number of amides is 2. The van der Waals surface area contributed by atoms with Crippen LogP contribution in [0.25, 0.3) is 10.8 Å². The largest absolute Gasteiger partial charge is 0.449 e. The van der Waals surface area contributed by atoms with Crippen LogP contribution in [0.2, 0.25) is 0 Å². The maximum atomic E-state index is 11.8. The smallest absolute Gasteiger partial charge is 0.326 e. The molecule has 0 fully saturated rings. The standard InChI is InChI=1S/C15H12N2O2/c18-15(17-14-9-4-10-19-14)16-13-8-3-6-11-5-1-2-7-12(11)13/h1-10H,(H2,16,17,18). The van der Waals surface area contributed by atoms with Gasteiger partial charge in [0.05, 0.1) is 12.0 Å².